The minimum atomic E-state index is -0.852. The van der Waals surface area contributed by atoms with Gasteiger partial charge in [-0.2, -0.15) is 11.8 Å². The molecule has 120 valence electrons. The highest BCUT2D eigenvalue weighted by Crippen LogP contribution is 2.22. The molecule has 1 atom stereocenters. The second-order valence-electron chi connectivity index (χ2n) is 5.23. The normalized spacial score (nSPS) is 18.0. The average Bonchev–Trinajstić information content (AvgIpc) is 2.52. The third-order valence-corrected chi connectivity index (χ3v) is 4.85. The van der Waals surface area contributed by atoms with Gasteiger partial charge in [0, 0.05) is 24.5 Å². The van der Waals surface area contributed by atoms with Crippen LogP contribution >= 0.6 is 11.8 Å². The number of methoxy groups -OCH3 is 1. The van der Waals surface area contributed by atoms with E-state index in [0.29, 0.717) is 25.1 Å². The number of benzene rings is 1. The molecular weight excluding hydrogens is 302 g/mol. The quantitative estimate of drug-likeness (QED) is 0.868. The van der Waals surface area contributed by atoms with Crippen LogP contribution in [-0.2, 0) is 16.0 Å². The minimum absolute atomic E-state index is 0.0212. The van der Waals surface area contributed by atoms with E-state index in [9.17, 15) is 9.59 Å². The van der Waals surface area contributed by atoms with Gasteiger partial charge in [-0.15, -0.1) is 0 Å². The number of hydrogen-bond acceptors (Lipinski definition) is 4. The van der Waals surface area contributed by atoms with Gasteiger partial charge >= 0.3 is 5.97 Å². The standard InChI is InChI=1S/C16H21NO4S/c1-21-14-5-3-2-4-12(14)6-7-15(18)17-8-9-22-11-13(17)10-16(19)20/h2-5,13H,6-11H2,1H3,(H,19,20). The number of carboxylic acids is 1. The summed E-state index contributed by atoms with van der Waals surface area (Å²) in [7, 11) is 1.62. The largest absolute Gasteiger partial charge is 0.496 e. The minimum Gasteiger partial charge on any atom is -0.496 e. The zero-order chi connectivity index (χ0) is 15.9. The summed E-state index contributed by atoms with van der Waals surface area (Å²) in [5.41, 5.74) is 1.000. The maximum Gasteiger partial charge on any atom is 0.305 e. The van der Waals surface area contributed by atoms with Crippen molar-refractivity contribution in [1.82, 2.24) is 4.90 Å². The van der Waals surface area contributed by atoms with Crippen molar-refractivity contribution in [2.24, 2.45) is 0 Å². The van der Waals surface area contributed by atoms with E-state index in [2.05, 4.69) is 0 Å². The number of aliphatic carboxylic acids is 1. The number of para-hydroxylation sites is 1. The van der Waals surface area contributed by atoms with Crippen molar-refractivity contribution in [3.63, 3.8) is 0 Å². The molecule has 1 unspecified atom stereocenters. The Morgan fingerprint density at radius 2 is 2.18 bits per heavy atom. The van der Waals surface area contributed by atoms with Crippen molar-refractivity contribution < 1.29 is 19.4 Å². The van der Waals surface area contributed by atoms with Crippen molar-refractivity contribution in [1.29, 1.82) is 0 Å². The topological polar surface area (TPSA) is 66.8 Å². The zero-order valence-corrected chi connectivity index (χ0v) is 13.5. The fourth-order valence-corrected chi connectivity index (χ4v) is 3.71. The molecule has 0 saturated carbocycles. The third-order valence-electron chi connectivity index (χ3n) is 3.76. The molecule has 1 N–H and O–H groups in total. The van der Waals surface area contributed by atoms with Gasteiger partial charge in [0.1, 0.15) is 5.75 Å². The molecule has 0 aliphatic carbocycles. The fraction of sp³-hybridized carbons (Fsp3) is 0.500. The number of ether oxygens (including phenoxy) is 1. The zero-order valence-electron chi connectivity index (χ0n) is 12.7. The highest BCUT2D eigenvalue weighted by atomic mass is 32.2. The summed E-state index contributed by atoms with van der Waals surface area (Å²) in [4.78, 5) is 25.1. The number of carboxylic acid groups (broad SMARTS) is 1. The average molecular weight is 323 g/mol. The first kappa shape index (κ1) is 16.7. The van der Waals surface area contributed by atoms with Gasteiger partial charge in [0.2, 0.25) is 5.91 Å². The van der Waals surface area contributed by atoms with Crippen molar-refractivity contribution >= 4 is 23.6 Å². The lowest BCUT2D eigenvalue weighted by Crippen LogP contribution is -2.47. The second-order valence-corrected chi connectivity index (χ2v) is 6.38. The van der Waals surface area contributed by atoms with Crippen LogP contribution in [0.15, 0.2) is 24.3 Å². The van der Waals surface area contributed by atoms with E-state index < -0.39 is 5.97 Å². The van der Waals surface area contributed by atoms with E-state index in [4.69, 9.17) is 9.84 Å². The lowest BCUT2D eigenvalue weighted by atomic mass is 10.1. The molecule has 0 spiro atoms. The monoisotopic (exact) mass is 323 g/mol. The Kier molecular flexibility index (Phi) is 6.12. The Bertz CT molecular complexity index is 535. The molecule has 0 bridgehead atoms. The van der Waals surface area contributed by atoms with E-state index in [-0.39, 0.29) is 18.4 Å². The van der Waals surface area contributed by atoms with Gasteiger partial charge in [0.05, 0.1) is 19.6 Å². The van der Waals surface area contributed by atoms with E-state index in [0.717, 1.165) is 17.1 Å². The molecule has 5 nitrogen and oxygen atoms in total. The van der Waals surface area contributed by atoms with Gasteiger partial charge in [0.25, 0.3) is 0 Å². The number of nitrogens with zero attached hydrogens (tertiary/aromatic N) is 1. The van der Waals surface area contributed by atoms with Crippen LogP contribution in [0, 0.1) is 0 Å². The molecule has 0 radical (unpaired) electrons. The number of carbonyl (C=O) groups excluding carboxylic acids is 1. The summed E-state index contributed by atoms with van der Waals surface area (Å²) in [6, 6.07) is 7.46. The predicted molar refractivity (Wildman–Crippen MR) is 86.4 cm³/mol. The summed E-state index contributed by atoms with van der Waals surface area (Å²) in [6.45, 7) is 0.632. The molecule has 1 heterocycles. The van der Waals surface area contributed by atoms with Gasteiger partial charge < -0.3 is 14.7 Å². The lowest BCUT2D eigenvalue weighted by molar-refractivity contribution is -0.140. The SMILES string of the molecule is COc1ccccc1CCC(=O)N1CCSCC1CC(=O)O. The first-order chi connectivity index (χ1) is 10.6. The maximum atomic E-state index is 12.4. The van der Waals surface area contributed by atoms with Gasteiger partial charge in [-0.05, 0) is 18.1 Å². The molecule has 2 rings (SSSR count). The van der Waals surface area contributed by atoms with E-state index in [1.165, 1.54) is 0 Å². The maximum absolute atomic E-state index is 12.4. The van der Waals surface area contributed by atoms with Crippen molar-refractivity contribution in [2.45, 2.75) is 25.3 Å². The molecule has 1 aliphatic heterocycles. The van der Waals surface area contributed by atoms with Crippen LogP contribution in [0.2, 0.25) is 0 Å². The summed E-state index contributed by atoms with van der Waals surface area (Å²) in [5.74, 6) is 1.53. The molecule has 6 heteroatoms. The number of hydrogen-bond donors (Lipinski definition) is 1. The smallest absolute Gasteiger partial charge is 0.305 e. The van der Waals surface area contributed by atoms with Crippen molar-refractivity contribution in [3.05, 3.63) is 29.8 Å². The summed E-state index contributed by atoms with van der Waals surface area (Å²) >= 11 is 1.71. The molecule has 1 saturated heterocycles. The van der Waals surface area contributed by atoms with Crippen LogP contribution in [0.5, 0.6) is 5.75 Å². The highest BCUT2D eigenvalue weighted by Gasteiger charge is 2.28. The summed E-state index contributed by atoms with van der Waals surface area (Å²) < 4.78 is 5.29. The first-order valence-corrected chi connectivity index (χ1v) is 8.48. The Morgan fingerprint density at radius 3 is 2.91 bits per heavy atom. The summed E-state index contributed by atoms with van der Waals surface area (Å²) in [6.07, 6.45) is 1.00. The van der Waals surface area contributed by atoms with Crippen LogP contribution in [0.3, 0.4) is 0 Å². The lowest BCUT2D eigenvalue weighted by Gasteiger charge is -2.34. The Hall–Kier alpha value is -1.69. The van der Waals surface area contributed by atoms with Crippen LogP contribution in [-0.4, -0.2) is 53.1 Å². The molecule has 1 aromatic carbocycles. The number of rotatable bonds is 6. The molecule has 22 heavy (non-hydrogen) atoms. The van der Waals surface area contributed by atoms with Crippen LogP contribution in [0.4, 0.5) is 0 Å². The highest BCUT2D eigenvalue weighted by molar-refractivity contribution is 7.99. The summed E-state index contributed by atoms with van der Waals surface area (Å²) in [5, 5.41) is 8.98. The molecular formula is C16H21NO4S. The molecule has 1 fully saturated rings. The fourth-order valence-electron chi connectivity index (χ4n) is 2.65. The Morgan fingerprint density at radius 1 is 1.41 bits per heavy atom. The van der Waals surface area contributed by atoms with Crippen molar-refractivity contribution in [2.75, 3.05) is 25.2 Å². The van der Waals surface area contributed by atoms with E-state index in [1.807, 2.05) is 24.3 Å². The number of amides is 1. The van der Waals surface area contributed by atoms with Gasteiger partial charge in [-0.3, -0.25) is 9.59 Å². The van der Waals surface area contributed by atoms with Gasteiger partial charge in [-0.1, -0.05) is 18.2 Å². The Balaban J connectivity index is 1.96. The van der Waals surface area contributed by atoms with Gasteiger partial charge in [-0.25, -0.2) is 0 Å². The van der Waals surface area contributed by atoms with E-state index in [1.54, 1.807) is 23.8 Å². The first-order valence-electron chi connectivity index (χ1n) is 7.32. The number of aryl methyl sites for hydroxylation is 1. The predicted octanol–water partition coefficient (Wildman–Crippen LogP) is 2.05. The van der Waals surface area contributed by atoms with E-state index >= 15 is 0 Å². The third kappa shape index (κ3) is 4.40. The molecule has 1 aromatic rings. The number of thioether (sulfide) groups is 1. The molecule has 1 amide bonds. The number of carbonyl (C=O) groups is 2. The van der Waals surface area contributed by atoms with Crippen LogP contribution < -0.4 is 4.74 Å². The molecule has 1 aliphatic rings. The van der Waals surface area contributed by atoms with Crippen LogP contribution in [0.1, 0.15) is 18.4 Å². The van der Waals surface area contributed by atoms with Crippen molar-refractivity contribution in [3.8, 4) is 5.75 Å². The molecule has 0 aromatic heterocycles. The Labute approximate surface area is 134 Å². The second kappa shape index (κ2) is 8.08. The van der Waals surface area contributed by atoms with Crippen LogP contribution in [0.25, 0.3) is 0 Å². The van der Waals surface area contributed by atoms with Gasteiger partial charge in [0.15, 0.2) is 0 Å².